The lowest BCUT2D eigenvalue weighted by Crippen LogP contribution is -2.27. The molecule has 0 radical (unpaired) electrons. The van der Waals surface area contributed by atoms with Crippen LogP contribution in [0.1, 0.15) is 61.4 Å². The monoisotopic (exact) mass is 712 g/mol. The number of aliphatic hydroxyl groups excluding tert-OH is 1. The van der Waals surface area contributed by atoms with Gasteiger partial charge in [0.2, 0.25) is 0 Å². The average Bonchev–Trinajstić information content (AvgIpc) is 3.15. The highest BCUT2D eigenvalue weighted by Gasteiger charge is 2.28. The largest absolute Gasteiger partial charge is 0.507 e. The first-order chi connectivity index (χ1) is 25.3. The second-order valence-electron chi connectivity index (χ2n) is 13.2. The van der Waals surface area contributed by atoms with Gasteiger partial charge in [-0.25, -0.2) is 0 Å². The van der Waals surface area contributed by atoms with Crippen molar-refractivity contribution in [1.29, 1.82) is 0 Å². The van der Waals surface area contributed by atoms with Crippen molar-refractivity contribution in [3.05, 3.63) is 130 Å². The number of carbonyl (C=O) groups is 2. The molecule has 0 heterocycles. The Hall–Kier alpha value is -6.52. The highest BCUT2D eigenvalue weighted by atomic mass is 16.3. The Bertz CT molecular complexity index is 2420. The molecule has 0 saturated carbocycles. The number of rotatable bonds is 10. The Morgan fingerprint density at radius 2 is 1.17 bits per heavy atom. The first-order valence-electron chi connectivity index (χ1n) is 17.0. The third-order valence-corrected chi connectivity index (χ3v) is 9.69. The van der Waals surface area contributed by atoms with Crippen molar-refractivity contribution >= 4 is 38.9 Å². The van der Waals surface area contributed by atoms with Gasteiger partial charge in [-0.15, -0.1) is 0 Å². The second-order valence-corrected chi connectivity index (χ2v) is 13.2. The SMILES string of the molecule is C=C(CNC(=O)c1c(O)c(CO)cc2c(O)c(-c3c(C)cc4c(C(=O)NC[C@H](C)c5ccccc5)c(O)c(O)cc4c3O)c(C)cc12)c1ccccc1. The molecule has 53 heavy (non-hydrogen) atoms. The lowest BCUT2D eigenvalue weighted by Gasteiger charge is -2.21. The van der Waals surface area contributed by atoms with E-state index < -0.39 is 35.7 Å². The number of hydrogen-bond donors (Lipinski definition) is 8. The maximum Gasteiger partial charge on any atom is 0.255 e. The molecule has 6 aromatic carbocycles. The first kappa shape index (κ1) is 36.3. The zero-order chi connectivity index (χ0) is 38.1. The summed E-state index contributed by atoms with van der Waals surface area (Å²) in [5, 5.41) is 72.7. The van der Waals surface area contributed by atoms with Gasteiger partial charge in [0.15, 0.2) is 11.5 Å². The molecule has 0 spiro atoms. The van der Waals surface area contributed by atoms with E-state index in [0.717, 1.165) is 17.2 Å². The molecule has 8 N–H and O–H groups in total. The number of phenols is 5. The van der Waals surface area contributed by atoms with Crippen molar-refractivity contribution in [2.24, 2.45) is 0 Å². The molecule has 1 atom stereocenters. The molecule has 0 aliphatic carbocycles. The van der Waals surface area contributed by atoms with Crippen LogP contribution in [0.3, 0.4) is 0 Å². The van der Waals surface area contributed by atoms with Crippen molar-refractivity contribution in [3.8, 4) is 39.9 Å². The number of benzene rings is 6. The zero-order valence-corrected chi connectivity index (χ0v) is 29.5. The number of phenolic OH excluding ortho intramolecular Hbond substituents is 4. The van der Waals surface area contributed by atoms with Gasteiger partial charge in [-0.1, -0.05) is 74.2 Å². The summed E-state index contributed by atoms with van der Waals surface area (Å²) in [4.78, 5) is 27.2. The lowest BCUT2D eigenvalue weighted by atomic mass is 9.86. The minimum atomic E-state index is -0.657. The lowest BCUT2D eigenvalue weighted by molar-refractivity contribution is 0.0944. The molecule has 0 aromatic heterocycles. The average molecular weight is 713 g/mol. The molecule has 0 unspecified atom stereocenters. The molecule has 0 fully saturated rings. The fourth-order valence-electron chi connectivity index (χ4n) is 6.82. The summed E-state index contributed by atoms with van der Waals surface area (Å²) >= 11 is 0. The Morgan fingerprint density at radius 1 is 0.660 bits per heavy atom. The van der Waals surface area contributed by atoms with Crippen molar-refractivity contribution in [2.75, 3.05) is 13.1 Å². The molecular formula is C43H40N2O8. The van der Waals surface area contributed by atoms with E-state index in [1.807, 2.05) is 67.6 Å². The number of hydrogen-bond acceptors (Lipinski definition) is 8. The smallest absolute Gasteiger partial charge is 0.255 e. The van der Waals surface area contributed by atoms with E-state index in [1.165, 1.54) is 6.07 Å². The standard InChI is InChI=1S/C43H40N2O8/c1-22-15-29-31(17-28(21-46)38(48)36(29)42(52)44-19-24(3)26-11-7-5-8-12-26)39(49)34(22)35-23(2)16-30-32(40(35)50)18-33(47)41(51)37(30)43(53)45-20-25(4)27-13-9-6-10-14-27/h5-18,25,46-51H,3,19-21H2,1-2,4H3,(H,44,52)(H,45,53)/t25-/m0/s1. The highest BCUT2D eigenvalue weighted by molar-refractivity contribution is 6.16. The van der Waals surface area contributed by atoms with Gasteiger partial charge in [0.25, 0.3) is 11.8 Å². The Kier molecular flexibility index (Phi) is 10.00. The summed E-state index contributed by atoms with van der Waals surface area (Å²) in [6.45, 7) is 8.97. The topological polar surface area (TPSA) is 180 Å². The number of aryl methyl sites for hydroxylation is 2. The summed E-state index contributed by atoms with van der Waals surface area (Å²) in [5.74, 6) is -3.81. The van der Waals surface area contributed by atoms with E-state index in [-0.39, 0.29) is 79.9 Å². The fraction of sp³-hybridized carbons (Fsp3) is 0.163. The van der Waals surface area contributed by atoms with Crippen LogP contribution in [-0.4, -0.2) is 55.5 Å². The number of fused-ring (bicyclic) bond motifs is 2. The quantitative estimate of drug-likeness (QED) is 0.0683. The van der Waals surface area contributed by atoms with Crippen molar-refractivity contribution in [3.63, 3.8) is 0 Å². The molecule has 10 nitrogen and oxygen atoms in total. The van der Waals surface area contributed by atoms with E-state index in [0.29, 0.717) is 16.7 Å². The van der Waals surface area contributed by atoms with E-state index >= 15 is 0 Å². The van der Waals surface area contributed by atoms with Gasteiger partial charge >= 0.3 is 0 Å². The van der Waals surface area contributed by atoms with Crippen LogP contribution in [0.2, 0.25) is 0 Å². The van der Waals surface area contributed by atoms with Crippen LogP contribution in [0.4, 0.5) is 0 Å². The maximum atomic E-state index is 13.6. The number of amides is 2. The van der Waals surface area contributed by atoms with Crippen molar-refractivity contribution in [2.45, 2.75) is 33.3 Å². The van der Waals surface area contributed by atoms with Crippen LogP contribution in [-0.2, 0) is 6.61 Å². The van der Waals surface area contributed by atoms with Gasteiger partial charge in [-0.2, -0.15) is 0 Å². The Balaban J connectivity index is 1.43. The molecule has 2 amide bonds. The number of nitrogens with one attached hydrogen (secondary N) is 2. The summed E-state index contributed by atoms with van der Waals surface area (Å²) < 4.78 is 0. The van der Waals surface area contributed by atoms with E-state index in [2.05, 4.69) is 17.2 Å². The minimum Gasteiger partial charge on any atom is -0.507 e. The van der Waals surface area contributed by atoms with Crippen molar-refractivity contribution < 1.29 is 40.2 Å². The van der Waals surface area contributed by atoms with E-state index in [1.54, 1.807) is 26.0 Å². The van der Waals surface area contributed by atoms with Crippen LogP contribution in [0.5, 0.6) is 28.7 Å². The van der Waals surface area contributed by atoms with Crippen molar-refractivity contribution in [1.82, 2.24) is 10.6 Å². The molecule has 0 bridgehead atoms. The zero-order valence-electron chi connectivity index (χ0n) is 29.5. The molecule has 6 aromatic rings. The van der Waals surface area contributed by atoms with Gasteiger partial charge in [-0.3, -0.25) is 9.59 Å². The number of aromatic hydroxyl groups is 5. The molecule has 0 aliphatic heterocycles. The Labute approximate surface area is 305 Å². The van der Waals surface area contributed by atoms with Gasteiger partial charge < -0.3 is 41.3 Å². The predicted molar refractivity (Wildman–Crippen MR) is 206 cm³/mol. The normalized spacial score (nSPS) is 11.8. The summed E-state index contributed by atoms with van der Waals surface area (Å²) in [6.07, 6.45) is 0. The van der Waals surface area contributed by atoms with Gasteiger partial charge in [0, 0.05) is 51.3 Å². The van der Waals surface area contributed by atoms with E-state index in [4.69, 9.17) is 0 Å². The van der Waals surface area contributed by atoms with Crippen LogP contribution < -0.4 is 10.6 Å². The Morgan fingerprint density at radius 3 is 1.74 bits per heavy atom. The third-order valence-electron chi connectivity index (χ3n) is 9.69. The van der Waals surface area contributed by atoms with Crippen LogP contribution >= 0.6 is 0 Å². The molecule has 6 rings (SSSR count). The molecular weight excluding hydrogens is 672 g/mol. The minimum absolute atomic E-state index is 0.00766. The number of aliphatic hydroxyl groups is 1. The second kappa shape index (κ2) is 14.6. The molecule has 0 saturated heterocycles. The third kappa shape index (κ3) is 6.68. The first-order valence-corrected chi connectivity index (χ1v) is 17.0. The van der Waals surface area contributed by atoms with Gasteiger partial charge in [0.1, 0.15) is 17.2 Å². The highest BCUT2D eigenvalue weighted by Crippen LogP contribution is 2.50. The van der Waals surface area contributed by atoms with Gasteiger partial charge in [-0.05, 0) is 71.9 Å². The van der Waals surface area contributed by atoms with Gasteiger partial charge in [0.05, 0.1) is 17.7 Å². The van der Waals surface area contributed by atoms with Crippen LogP contribution in [0.25, 0.3) is 38.2 Å². The fourth-order valence-corrected chi connectivity index (χ4v) is 6.82. The van der Waals surface area contributed by atoms with E-state index in [9.17, 15) is 40.2 Å². The summed E-state index contributed by atoms with van der Waals surface area (Å²) in [7, 11) is 0. The molecule has 270 valence electrons. The predicted octanol–water partition coefficient (Wildman–Crippen LogP) is 7.27. The number of carbonyl (C=O) groups excluding carboxylic acids is 2. The van der Waals surface area contributed by atoms with Crippen LogP contribution in [0.15, 0.2) is 91.5 Å². The summed E-state index contributed by atoms with van der Waals surface area (Å²) in [6, 6.07) is 24.5. The summed E-state index contributed by atoms with van der Waals surface area (Å²) in [5.41, 5.74) is 3.26. The maximum absolute atomic E-state index is 13.6. The molecule has 10 heteroatoms. The van der Waals surface area contributed by atoms with Crippen LogP contribution in [0, 0.1) is 13.8 Å². The molecule has 0 aliphatic rings.